The van der Waals surface area contributed by atoms with Crippen molar-refractivity contribution in [2.45, 2.75) is 38.8 Å². The minimum Gasteiger partial charge on any atom is -0.480 e. The predicted molar refractivity (Wildman–Crippen MR) is 81.8 cm³/mol. The van der Waals surface area contributed by atoms with E-state index in [0.29, 0.717) is 6.42 Å². The lowest BCUT2D eigenvalue weighted by Crippen LogP contribution is -2.50. The molecule has 0 aliphatic rings. The maximum absolute atomic E-state index is 12.3. The second kappa shape index (κ2) is 7.78. The Bertz CT molecular complexity index is 474. The number of carboxylic acids is 1. The van der Waals surface area contributed by atoms with Crippen LogP contribution in [0, 0.1) is 5.92 Å². The summed E-state index contributed by atoms with van der Waals surface area (Å²) in [5.41, 5.74) is 6.74. The number of nitrogens with zero attached hydrogens (tertiary/aromatic N) is 1. The van der Waals surface area contributed by atoms with Crippen molar-refractivity contribution in [1.29, 1.82) is 0 Å². The lowest BCUT2D eigenvalue weighted by atomic mass is 10.0. The van der Waals surface area contributed by atoms with Crippen LogP contribution in [-0.4, -0.2) is 41.0 Å². The van der Waals surface area contributed by atoms with Crippen LogP contribution < -0.4 is 5.73 Å². The van der Waals surface area contributed by atoms with Gasteiger partial charge in [0.15, 0.2) is 0 Å². The fourth-order valence-corrected chi connectivity index (χ4v) is 2.25. The number of carboxylic acid groups (broad SMARTS) is 1. The SMILES string of the molecule is CC(C)C[C@H](N)C(=O)N(C)[C@@H](Cc1ccccc1)C(=O)O. The summed E-state index contributed by atoms with van der Waals surface area (Å²) >= 11 is 0. The van der Waals surface area contributed by atoms with Crippen molar-refractivity contribution in [1.82, 2.24) is 4.90 Å². The van der Waals surface area contributed by atoms with Gasteiger partial charge in [-0.15, -0.1) is 0 Å². The summed E-state index contributed by atoms with van der Waals surface area (Å²) in [5, 5.41) is 9.38. The van der Waals surface area contributed by atoms with Crippen molar-refractivity contribution in [3.05, 3.63) is 35.9 Å². The van der Waals surface area contributed by atoms with E-state index in [0.717, 1.165) is 5.56 Å². The van der Waals surface area contributed by atoms with Gasteiger partial charge in [-0.25, -0.2) is 4.79 Å². The van der Waals surface area contributed by atoms with Crippen molar-refractivity contribution in [3.8, 4) is 0 Å². The maximum atomic E-state index is 12.3. The third-order valence-electron chi connectivity index (χ3n) is 3.41. The number of amides is 1. The molecular formula is C16H24N2O3. The van der Waals surface area contributed by atoms with Crippen LogP contribution in [0.4, 0.5) is 0 Å². The van der Waals surface area contributed by atoms with Crippen LogP contribution in [0.15, 0.2) is 30.3 Å². The molecule has 1 rings (SSSR count). The first-order valence-corrected chi connectivity index (χ1v) is 7.12. The highest BCUT2D eigenvalue weighted by Crippen LogP contribution is 2.12. The van der Waals surface area contributed by atoms with Crippen molar-refractivity contribution < 1.29 is 14.7 Å². The fourth-order valence-electron chi connectivity index (χ4n) is 2.25. The molecule has 0 aliphatic carbocycles. The van der Waals surface area contributed by atoms with Crippen LogP contribution in [0.3, 0.4) is 0 Å². The zero-order valence-electron chi connectivity index (χ0n) is 12.8. The molecule has 1 aromatic rings. The molecule has 1 amide bonds. The first kappa shape index (κ1) is 17.2. The van der Waals surface area contributed by atoms with Crippen LogP contribution in [0.5, 0.6) is 0 Å². The molecule has 0 bridgehead atoms. The molecule has 5 heteroatoms. The molecule has 2 atom stereocenters. The van der Waals surface area contributed by atoms with Crippen LogP contribution in [0.25, 0.3) is 0 Å². The second-order valence-electron chi connectivity index (χ2n) is 5.73. The van der Waals surface area contributed by atoms with Crippen LogP contribution in [0.2, 0.25) is 0 Å². The second-order valence-corrected chi connectivity index (χ2v) is 5.73. The van der Waals surface area contributed by atoms with E-state index in [1.165, 1.54) is 11.9 Å². The summed E-state index contributed by atoms with van der Waals surface area (Å²) in [6.45, 7) is 3.96. The minimum atomic E-state index is -1.02. The number of hydrogen-bond donors (Lipinski definition) is 2. The van der Waals surface area contributed by atoms with Gasteiger partial charge >= 0.3 is 5.97 Å². The smallest absolute Gasteiger partial charge is 0.326 e. The van der Waals surface area contributed by atoms with Crippen molar-refractivity contribution >= 4 is 11.9 Å². The van der Waals surface area contributed by atoms with Gasteiger partial charge in [0.1, 0.15) is 6.04 Å². The van der Waals surface area contributed by atoms with Crippen LogP contribution in [-0.2, 0) is 16.0 Å². The molecule has 0 radical (unpaired) electrons. The number of aliphatic carboxylic acids is 1. The summed E-state index contributed by atoms with van der Waals surface area (Å²) in [6, 6.07) is 7.70. The lowest BCUT2D eigenvalue weighted by Gasteiger charge is -2.28. The monoisotopic (exact) mass is 292 g/mol. The van der Waals surface area contributed by atoms with Gasteiger partial charge in [0, 0.05) is 13.5 Å². The Morgan fingerprint density at radius 1 is 1.24 bits per heavy atom. The third kappa shape index (κ3) is 5.19. The number of carbonyl (C=O) groups excluding carboxylic acids is 1. The Hall–Kier alpha value is -1.88. The molecule has 0 heterocycles. The quantitative estimate of drug-likeness (QED) is 0.798. The molecule has 5 nitrogen and oxygen atoms in total. The zero-order valence-corrected chi connectivity index (χ0v) is 12.8. The Morgan fingerprint density at radius 2 is 1.81 bits per heavy atom. The molecule has 21 heavy (non-hydrogen) atoms. The molecule has 0 unspecified atom stereocenters. The number of benzene rings is 1. The molecule has 116 valence electrons. The highest BCUT2D eigenvalue weighted by molar-refractivity contribution is 5.86. The number of likely N-dealkylation sites (N-methyl/N-ethyl adjacent to an activating group) is 1. The molecule has 0 aliphatic heterocycles. The first-order chi connectivity index (χ1) is 9.82. The van der Waals surface area contributed by atoms with Gasteiger partial charge in [-0.3, -0.25) is 4.79 Å². The van der Waals surface area contributed by atoms with E-state index in [4.69, 9.17) is 5.73 Å². The third-order valence-corrected chi connectivity index (χ3v) is 3.41. The van der Waals surface area contributed by atoms with Gasteiger partial charge in [-0.1, -0.05) is 44.2 Å². The summed E-state index contributed by atoms with van der Waals surface area (Å²) in [5.74, 6) is -1.06. The topological polar surface area (TPSA) is 83.6 Å². The Balaban J connectivity index is 2.80. The molecule has 0 spiro atoms. The number of carbonyl (C=O) groups is 2. The average Bonchev–Trinajstić information content (AvgIpc) is 2.43. The van der Waals surface area contributed by atoms with Gasteiger partial charge < -0.3 is 15.7 Å². The van der Waals surface area contributed by atoms with Crippen LogP contribution in [0.1, 0.15) is 25.8 Å². The standard InChI is InChI=1S/C16H24N2O3/c1-11(2)9-13(17)15(19)18(3)14(16(20)21)10-12-7-5-4-6-8-12/h4-8,11,13-14H,9-10,17H2,1-3H3,(H,20,21)/t13-,14-/m0/s1. The highest BCUT2D eigenvalue weighted by atomic mass is 16.4. The largest absolute Gasteiger partial charge is 0.480 e. The summed E-state index contributed by atoms with van der Waals surface area (Å²) in [6.07, 6.45) is 0.813. The normalized spacial score (nSPS) is 13.8. The van der Waals surface area contributed by atoms with Crippen molar-refractivity contribution in [2.24, 2.45) is 11.7 Å². The Labute approximate surface area is 125 Å². The molecule has 0 saturated heterocycles. The Kier molecular flexibility index (Phi) is 6.37. The van der Waals surface area contributed by atoms with Gasteiger partial charge in [-0.05, 0) is 17.9 Å². The fraction of sp³-hybridized carbons (Fsp3) is 0.500. The van der Waals surface area contributed by atoms with Gasteiger partial charge in [0.25, 0.3) is 0 Å². The van der Waals surface area contributed by atoms with Crippen LogP contribution >= 0.6 is 0 Å². The van der Waals surface area contributed by atoms with E-state index >= 15 is 0 Å². The Morgan fingerprint density at radius 3 is 2.29 bits per heavy atom. The molecule has 1 aromatic carbocycles. The molecule has 0 saturated carbocycles. The van der Waals surface area contributed by atoms with Gasteiger partial charge in [-0.2, -0.15) is 0 Å². The summed E-state index contributed by atoms with van der Waals surface area (Å²) in [7, 11) is 1.50. The van der Waals surface area contributed by atoms with Crippen molar-refractivity contribution in [2.75, 3.05) is 7.05 Å². The highest BCUT2D eigenvalue weighted by Gasteiger charge is 2.29. The number of rotatable bonds is 7. The van der Waals surface area contributed by atoms with E-state index in [-0.39, 0.29) is 18.2 Å². The maximum Gasteiger partial charge on any atom is 0.326 e. The molecule has 0 fully saturated rings. The summed E-state index contributed by atoms with van der Waals surface area (Å²) in [4.78, 5) is 25.0. The summed E-state index contributed by atoms with van der Waals surface area (Å²) < 4.78 is 0. The van der Waals surface area contributed by atoms with E-state index in [9.17, 15) is 14.7 Å². The molecule has 0 aromatic heterocycles. The van der Waals surface area contributed by atoms with Gasteiger partial charge in [0.2, 0.25) is 5.91 Å². The zero-order chi connectivity index (χ0) is 16.0. The molecular weight excluding hydrogens is 268 g/mol. The minimum absolute atomic E-state index is 0.271. The van der Waals surface area contributed by atoms with E-state index in [1.807, 2.05) is 44.2 Å². The van der Waals surface area contributed by atoms with E-state index in [1.54, 1.807) is 0 Å². The van der Waals surface area contributed by atoms with Gasteiger partial charge in [0.05, 0.1) is 6.04 Å². The molecule has 3 N–H and O–H groups in total. The predicted octanol–water partition coefficient (Wildman–Crippen LogP) is 1.51. The average molecular weight is 292 g/mol. The number of nitrogens with two attached hydrogens (primary N) is 1. The van der Waals surface area contributed by atoms with Crippen molar-refractivity contribution in [3.63, 3.8) is 0 Å². The first-order valence-electron chi connectivity index (χ1n) is 7.12. The van der Waals surface area contributed by atoms with E-state index < -0.39 is 18.1 Å². The number of hydrogen-bond acceptors (Lipinski definition) is 3. The lowest BCUT2D eigenvalue weighted by molar-refractivity contribution is -0.149. The van der Waals surface area contributed by atoms with E-state index in [2.05, 4.69) is 0 Å².